The van der Waals surface area contributed by atoms with Crippen molar-refractivity contribution in [1.82, 2.24) is 10.0 Å². The van der Waals surface area contributed by atoms with Crippen LogP contribution in [0.15, 0.2) is 29.2 Å². The Bertz CT molecular complexity index is 522. The average Bonchev–Trinajstić information content (AvgIpc) is 2.49. The molecule has 1 atom stereocenters. The van der Waals surface area contributed by atoms with Gasteiger partial charge in [0.1, 0.15) is 0 Å². The summed E-state index contributed by atoms with van der Waals surface area (Å²) in [4.78, 5) is 0.311. The van der Waals surface area contributed by atoms with Gasteiger partial charge in [0.2, 0.25) is 10.0 Å². The zero-order valence-electron chi connectivity index (χ0n) is 12.6. The molecule has 1 aromatic carbocycles. The summed E-state index contributed by atoms with van der Waals surface area (Å²) in [6, 6.07) is 6.93. The normalized spacial score (nSPS) is 19.4. The Balaban J connectivity index is 1.82. The maximum atomic E-state index is 11.8. The lowest BCUT2D eigenvalue weighted by Gasteiger charge is -2.22. The molecule has 1 unspecified atom stereocenters. The van der Waals surface area contributed by atoms with Crippen LogP contribution in [-0.4, -0.2) is 34.6 Å². The number of anilines is 1. The Morgan fingerprint density at radius 1 is 1.29 bits per heavy atom. The summed E-state index contributed by atoms with van der Waals surface area (Å²) in [5.74, 6) is 0.750. The molecule has 1 heterocycles. The van der Waals surface area contributed by atoms with E-state index in [0.717, 1.165) is 37.7 Å². The molecule has 0 aliphatic carbocycles. The molecule has 0 aromatic heterocycles. The molecule has 2 rings (SSSR count). The second kappa shape index (κ2) is 7.77. The number of piperidine rings is 1. The molecule has 1 aromatic rings. The summed E-state index contributed by atoms with van der Waals surface area (Å²) in [5, 5.41) is 6.78. The maximum absolute atomic E-state index is 11.8. The van der Waals surface area contributed by atoms with E-state index in [0.29, 0.717) is 11.4 Å². The number of sulfonamides is 1. The van der Waals surface area contributed by atoms with Crippen LogP contribution < -0.4 is 15.4 Å². The van der Waals surface area contributed by atoms with Crippen molar-refractivity contribution < 1.29 is 8.42 Å². The van der Waals surface area contributed by atoms with Crippen molar-refractivity contribution in [3.05, 3.63) is 24.3 Å². The molecule has 1 aliphatic rings. The Kier molecular flexibility index (Phi) is 6.02. The molecule has 0 bridgehead atoms. The van der Waals surface area contributed by atoms with E-state index in [-0.39, 0.29) is 0 Å². The van der Waals surface area contributed by atoms with Gasteiger partial charge >= 0.3 is 0 Å². The first kappa shape index (κ1) is 16.3. The zero-order chi connectivity index (χ0) is 15.1. The van der Waals surface area contributed by atoms with Crippen LogP contribution in [0.2, 0.25) is 0 Å². The minimum Gasteiger partial charge on any atom is -0.385 e. The topological polar surface area (TPSA) is 70.2 Å². The Hall–Kier alpha value is -1.11. The number of hydrogen-bond acceptors (Lipinski definition) is 4. The van der Waals surface area contributed by atoms with Gasteiger partial charge in [0.05, 0.1) is 4.90 Å². The summed E-state index contributed by atoms with van der Waals surface area (Å²) in [5.41, 5.74) is 0.967. The van der Waals surface area contributed by atoms with Crippen molar-refractivity contribution in [3.63, 3.8) is 0 Å². The number of benzene rings is 1. The standard InChI is InChI=1S/C15H25N3O2S/c1-2-18-21(19,20)15-7-5-14(6-8-15)17-11-9-13-4-3-10-16-12-13/h5-8,13,16-18H,2-4,9-12H2,1H3. The van der Waals surface area contributed by atoms with Crippen molar-refractivity contribution in [2.75, 3.05) is 31.5 Å². The lowest BCUT2D eigenvalue weighted by atomic mass is 9.96. The first-order valence-electron chi connectivity index (χ1n) is 7.66. The third-order valence-corrected chi connectivity index (χ3v) is 5.34. The van der Waals surface area contributed by atoms with Gasteiger partial charge in [-0.1, -0.05) is 6.92 Å². The van der Waals surface area contributed by atoms with Crippen molar-refractivity contribution in [1.29, 1.82) is 0 Å². The summed E-state index contributed by atoms with van der Waals surface area (Å²) >= 11 is 0. The lowest BCUT2D eigenvalue weighted by molar-refractivity contribution is 0.364. The molecule has 3 N–H and O–H groups in total. The van der Waals surface area contributed by atoms with E-state index in [1.165, 1.54) is 12.8 Å². The second-order valence-corrected chi connectivity index (χ2v) is 7.22. The van der Waals surface area contributed by atoms with Gasteiger partial charge in [-0.2, -0.15) is 0 Å². The highest BCUT2D eigenvalue weighted by molar-refractivity contribution is 7.89. The first-order valence-corrected chi connectivity index (χ1v) is 9.14. The number of hydrogen-bond donors (Lipinski definition) is 3. The van der Waals surface area contributed by atoms with Crippen LogP contribution in [0.3, 0.4) is 0 Å². The predicted octanol–water partition coefficient (Wildman–Crippen LogP) is 1.79. The monoisotopic (exact) mass is 311 g/mol. The summed E-state index contributed by atoms with van der Waals surface area (Å²) in [6.07, 6.45) is 3.71. The van der Waals surface area contributed by atoms with E-state index in [9.17, 15) is 8.42 Å². The molecular formula is C15H25N3O2S. The summed E-state index contributed by atoms with van der Waals surface area (Å²) < 4.78 is 26.1. The van der Waals surface area contributed by atoms with Crippen molar-refractivity contribution >= 4 is 15.7 Å². The van der Waals surface area contributed by atoms with Gasteiger partial charge in [-0.15, -0.1) is 0 Å². The quantitative estimate of drug-likeness (QED) is 0.718. The Labute approximate surface area is 127 Å². The fourth-order valence-corrected chi connectivity index (χ4v) is 3.66. The first-order chi connectivity index (χ1) is 10.1. The molecule has 0 saturated carbocycles. The fourth-order valence-electron chi connectivity index (χ4n) is 2.62. The van der Waals surface area contributed by atoms with E-state index in [4.69, 9.17) is 0 Å². The van der Waals surface area contributed by atoms with Crippen LogP contribution in [0.25, 0.3) is 0 Å². The highest BCUT2D eigenvalue weighted by atomic mass is 32.2. The molecular weight excluding hydrogens is 286 g/mol. The van der Waals surface area contributed by atoms with Crippen LogP contribution in [-0.2, 0) is 10.0 Å². The largest absolute Gasteiger partial charge is 0.385 e. The summed E-state index contributed by atoms with van der Waals surface area (Å²) in [6.45, 7) is 5.35. The highest BCUT2D eigenvalue weighted by Gasteiger charge is 2.13. The Morgan fingerprint density at radius 2 is 2.05 bits per heavy atom. The van der Waals surface area contributed by atoms with Crippen LogP contribution in [0.5, 0.6) is 0 Å². The van der Waals surface area contributed by atoms with Crippen molar-refractivity contribution in [2.45, 2.75) is 31.1 Å². The third kappa shape index (κ3) is 4.98. The van der Waals surface area contributed by atoms with E-state index >= 15 is 0 Å². The van der Waals surface area contributed by atoms with Crippen molar-refractivity contribution in [2.24, 2.45) is 5.92 Å². The van der Waals surface area contributed by atoms with Gasteiger partial charge in [0, 0.05) is 18.8 Å². The molecule has 5 nitrogen and oxygen atoms in total. The van der Waals surface area contributed by atoms with Crippen molar-refractivity contribution in [3.8, 4) is 0 Å². The predicted molar refractivity (Wildman–Crippen MR) is 86.0 cm³/mol. The van der Waals surface area contributed by atoms with Crippen LogP contribution in [0.1, 0.15) is 26.2 Å². The molecule has 0 radical (unpaired) electrons. The molecule has 0 spiro atoms. The van der Waals surface area contributed by atoms with Crippen LogP contribution in [0.4, 0.5) is 5.69 Å². The molecule has 1 aliphatic heterocycles. The second-order valence-electron chi connectivity index (χ2n) is 5.45. The zero-order valence-corrected chi connectivity index (χ0v) is 13.4. The third-order valence-electron chi connectivity index (χ3n) is 3.78. The van der Waals surface area contributed by atoms with E-state index < -0.39 is 10.0 Å². The van der Waals surface area contributed by atoms with Gasteiger partial charge in [-0.3, -0.25) is 0 Å². The fraction of sp³-hybridized carbons (Fsp3) is 0.600. The number of rotatable bonds is 7. The highest BCUT2D eigenvalue weighted by Crippen LogP contribution is 2.16. The molecule has 118 valence electrons. The van der Waals surface area contributed by atoms with Crippen LogP contribution >= 0.6 is 0 Å². The molecule has 21 heavy (non-hydrogen) atoms. The minimum atomic E-state index is -3.35. The average molecular weight is 311 g/mol. The molecule has 6 heteroatoms. The van der Waals surface area contributed by atoms with E-state index in [1.807, 2.05) is 12.1 Å². The lowest BCUT2D eigenvalue weighted by Crippen LogP contribution is -2.30. The van der Waals surface area contributed by atoms with E-state index in [2.05, 4.69) is 15.4 Å². The van der Waals surface area contributed by atoms with Gasteiger partial charge in [0.15, 0.2) is 0 Å². The van der Waals surface area contributed by atoms with Crippen LogP contribution in [0, 0.1) is 5.92 Å². The maximum Gasteiger partial charge on any atom is 0.240 e. The van der Waals surface area contributed by atoms with E-state index in [1.54, 1.807) is 19.1 Å². The Morgan fingerprint density at radius 3 is 2.67 bits per heavy atom. The van der Waals surface area contributed by atoms with Gasteiger partial charge in [0.25, 0.3) is 0 Å². The van der Waals surface area contributed by atoms with Gasteiger partial charge in [-0.05, 0) is 62.5 Å². The molecule has 1 fully saturated rings. The SMILES string of the molecule is CCNS(=O)(=O)c1ccc(NCCC2CCCNC2)cc1. The smallest absolute Gasteiger partial charge is 0.240 e. The number of nitrogens with one attached hydrogen (secondary N) is 3. The van der Waals surface area contributed by atoms with Gasteiger partial charge < -0.3 is 10.6 Å². The molecule has 1 saturated heterocycles. The summed E-state index contributed by atoms with van der Waals surface area (Å²) in [7, 11) is -3.35. The minimum absolute atomic E-state index is 0.311. The molecule has 0 amide bonds. The van der Waals surface area contributed by atoms with Gasteiger partial charge in [-0.25, -0.2) is 13.1 Å².